The maximum Gasteiger partial charge on any atom is 0.271 e. The van der Waals surface area contributed by atoms with Crippen LogP contribution in [-0.2, 0) is 23.0 Å². The Hall–Kier alpha value is -3.73. The first-order chi connectivity index (χ1) is 17.4. The van der Waals surface area contributed by atoms with E-state index in [1.54, 1.807) is 40.9 Å². The first-order valence-corrected chi connectivity index (χ1v) is 13.2. The molecule has 0 saturated carbocycles. The Kier molecular flexibility index (Phi) is 6.73. The topological polar surface area (TPSA) is 116 Å². The number of nitrogens with one attached hydrogen (secondary N) is 2. The summed E-state index contributed by atoms with van der Waals surface area (Å²) < 4.78 is 29.3. The Bertz CT molecular complexity index is 1490. The van der Waals surface area contributed by atoms with Crippen LogP contribution < -0.4 is 10.0 Å². The molecule has 0 unspecified atom stereocenters. The number of β-amino-alcohol motifs (C(OH)–C–C–N with tert-alkyl or cyclic N) is 1. The summed E-state index contributed by atoms with van der Waals surface area (Å²) in [6, 6.07) is 19.6. The Labute approximate surface area is 209 Å². The van der Waals surface area contributed by atoms with E-state index in [0.717, 1.165) is 19.5 Å². The van der Waals surface area contributed by atoms with Crippen LogP contribution in [0.15, 0.2) is 84.0 Å². The van der Waals surface area contributed by atoms with E-state index in [2.05, 4.69) is 32.1 Å². The zero-order valence-corrected chi connectivity index (χ0v) is 20.4. The van der Waals surface area contributed by atoms with Crippen molar-refractivity contribution in [2.24, 2.45) is 0 Å². The van der Waals surface area contributed by atoms with Crippen molar-refractivity contribution in [3.8, 4) is 0 Å². The number of sulfonamides is 1. The third-order valence-corrected chi connectivity index (χ3v) is 7.56. The van der Waals surface area contributed by atoms with Crippen molar-refractivity contribution in [3.63, 3.8) is 0 Å². The fourth-order valence-corrected chi connectivity index (χ4v) is 5.41. The Morgan fingerprint density at radius 3 is 2.56 bits per heavy atom. The molecule has 1 aliphatic heterocycles. The van der Waals surface area contributed by atoms with Gasteiger partial charge in [-0.1, -0.05) is 42.5 Å². The van der Waals surface area contributed by atoms with Crippen molar-refractivity contribution in [1.29, 1.82) is 0 Å². The van der Waals surface area contributed by atoms with Crippen molar-refractivity contribution >= 4 is 27.3 Å². The van der Waals surface area contributed by atoms with Crippen LogP contribution in [0.4, 0.5) is 5.69 Å². The van der Waals surface area contributed by atoms with Crippen LogP contribution in [0.3, 0.4) is 0 Å². The van der Waals surface area contributed by atoms with Gasteiger partial charge in [-0.25, -0.2) is 13.4 Å². The fraction of sp³-hybridized carbons (Fsp3) is 0.231. The molecule has 0 bridgehead atoms. The highest BCUT2D eigenvalue weighted by Gasteiger charge is 2.20. The van der Waals surface area contributed by atoms with E-state index in [9.17, 15) is 18.3 Å². The third kappa shape index (κ3) is 5.40. The van der Waals surface area contributed by atoms with Gasteiger partial charge in [0.25, 0.3) is 15.9 Å². The Morgan fingerprint density at radius 2 is 1.75 bits per heavy atom. The van der Waals surface area contributed by atoms with Crippen molar-refractivity contribution in [2.75, 3.05) is 24.4 Å². The van der Waals surface area contributed by atoms with Crippen LogP contribution in [-0.4, -0.2) is 59.5 Å². The third-order valence-electron chi connectivity index (χ3n) is 6.17. The molecule has 1 aliphatic rings. The summed E-state index contributed by atoms with van der Waals surface area (Å²) >= 11 is 0. The summed E-state index contributed by atoms with van der Waals surface area (Å²) in [6.45, 7) is 2.21. The lowest BCUT2D eigenvalue weighted by atomic mass is 10.00. The van der Waals surface area contributed by atoms with E-state index in [4.69, 9.17) is 0 Å². The second kappa shape index (κ2) is 10.1. The lowest BCUT2D eigenvalue weighted by molar-refractivity contribution is 0.0838. The number of anilines is 1. The standard InChI is InChI=1S/C26H27N5O4S/c32-22(17-30-13-12-19-6-4-5-7-20(19)15-30)14-27-26(33)24-18-31-16-21(10-11-25(31)28-24)29-36(34,35)23-8-2-1-3-9-23/h1-11,16,18,22,29,32H,12-15,17H2,(H,27,33)/t22-/m0/s1. The normalized spacial score (nSPS) is 14.8. The van der Waals surface area contributed by atoms with E-state index in [1.807, 2.05) is 12.1 Å². The molecule has 4 aromatic rings. The summed E-state index contributed by atoms with van der Waals surface area (Å²) in [5, 5.41) is 13.2. The SMILES string of the molecule is O=C(NC[C@H](O)CN1CCc2ccccc2C1)c1cn2cc(NS(=O)(=O)c3ccccc3)ccc2n1. The largest absolute Gasteiger partial charge is 0.390 e. The number of pyridine rings is 1. The molecule has 186 valence electrons. The fourth-order valence-electron chi connectivity index (χ4n) is 4.35. The number of carbonyl (C=O) groups excluding carboxylic acids is 1. The quantitative estimate of drug-likeness (QED) is 0.338. The zero-order chi connectivity index (χ0) is 25.1. The van der Waals surface area contributed by atoms with Crippen molar-refractivity contribution < 1.29 is 18.3 Å². The maximum atomic E-state index is 12.7. The first-order valence-electron chi connectivity index (χ1n) is 11.7. The molecule has 9 nitrogen and oxygen atoms in total. The highest BCUT2D eigenvalue weighted by Crippen LogP contribution is 2.19. The van der Waals surface area contributed by atoms with Crippen LogP contribution in [0.1, 0.15) is 21.6 Å². The van der Waals surface area contributed by atoms with E-state index < -0.39 is 22.0 Å². The highest BCUT2D eigenvalue weighted by molar-refractivity contribution is 7.92. The number of benzene rings is 2. The van der Waals surface area contributed by atoms with Gasteiger partial charge in [0.05, 0.1) is 16.7 Å². The van der Waals surface area contributed by atoms with Gasteiger partial charge in [-0.2, -0.15) is 0 Å². The minimum atomic E-state index is -3.73. The number of imidazole rings is 1. The van der Waals surface area contributed by atoms with Gasteiger partial charge in [0.1, 0.15) is 11.3 Å². The molecule has 2 aromatic carbocycles. The molecule has 3 heterocycles. The summed E-state index contributed by atoms with van der Waals surface area (Å²) in [5.74, 6) is -0.409. The molecule has 2 aromatic heterocycles. The maximum absolute atomic E-state index is 12.7. The number of fused-ring (bicyclic) bond motifs is 2. The number of rotatable bonds is 8. The molecule has 0 radical (unpaired) electrons. The van der Waals surface area contributed by atoms with E-state index in [1.165, 1.54) is 29.5 Å². The number of nitrogens with zero attached hydrogens (tertiary/aromatic N) is 3. The molecule has 0 fully saturated rings. The number of amides is 1. The van der Waals surface area contributed by atoms with Gasteiger partial charge in [-0.3, -0.25) is 14.4 Å². The number of aliphatic hydroxyl groups excluding tert-OH is 1. The molecule has 0 aliphatic carbocycles. The molecular formula is C26H27N5O4S. The van der Waals surface area contributed by atoms with Gasteiger partial charge in [-0.15, -0.1) is 0 Å². The van der Waals surface area contributed by atoms with Crippen LogP contribution in [0.5, 0.6) is 0 Å². The minimum Gasteiger partial charge on any atom is -0.390 e. The summed E-state index contributed by atoms with van der Waals surface area (Å²) in [6.07, 6.45) is 3.32. The molecule has 36 heavy (non-hydrogen) atoms. The molecule has 5 rings (SSSR count). The lowest BCUT2D eigenvalue weighted by Gasteiger charge is -2.30. The number of hydrogen-bond donors (Lipinski definition) is 3. The second-order valence-electron chi connectivity index (χ2n) is 8.85. The van der Waals surface area contributed by atoms with Crippen molar-refractivity contribution in [2.45, 2.75) is 24.0 Å². The minimum absolute atomic E-state index is 0.104. The van der Waals surface area contributed by atoms with Gasteiger partial charge >= 0.3 is 0 Å². The van der Waals surface area contributed by atoms with Crippen LogP contribution in [0.25, 0.3) is 5.65 Å². The Balaban J connectivity index is 1.18. The van der Waals surface area contributed by atoms with Crippen LogP contribution in [0, 0.1) is 0 Å². The van der Waals surface area contributed by atoms with Crippen LogP contribution in [0.2, 0.25) is 0 Å². The average molecular weight is 506 g/mol. The van der Waals surface area contributed by atoms with Gasteiger partial charge in [0.2, 0.25) is 0 Å². The number of aliphatic hydroxyl groups is 1. The lowest BCUT2D eigenvalue weighted by Crippen LogP contribution is -2.42. The summed E-state index contributed by atoms with van der Waals surface area (Å²) in [7, 11) is -3.73. The molecular weight excluding hydrogens is 478 g/mol. The van der Waals surface area contributed by atoms with Gasteiger partial charge < -0.3 is 14.8 Å². The second-order valence-corrected chi connectivity index (χ2v) is 10.5. The molecule has 3 N–H and O–H groups in total. The van der Waals surface area contributed by atoms with E-state index in [0.29, 0.717) is 17.9 Å². The molecule has 0 spiro atoms. The molecule has 10 heteroatoms. The first kappa shape index (κ1) is 24.0. The van der Waals surface area contributed by atoms with Crippen molar-refractivity contribution in [3.05, 3.63) is 95.9 Å². The predicted molar refractivity (Wildman–Crippen MR) is 136 cm³/mol. The van der Waals surface area contributed by atoms with Gasteiger partial charge in [0.15, 0.2) is 0 Å². The summed E-state index contributed by atoms with van der Waals surface area (Å²) in [4.78, 5) is 19.3. The van der Waals surface area contributed by atoms with E-state index in [-0.39, 0.29) is 17.1 Å². The smallest absolute Gasteiger partial charge is 0.271 e. The Morgan fingerprint density at radius 1 is 1.00 bits per heavy atom. The average Bonchev–Trinajstić information content (AvgIpc) is 3.31. The summed E-state index contributed by atoms with van der Waals surface area (Å²) in [5.41, 5.74) is 3.64. The number of aromatic nitrogens is 2. The van der Waals surface area contributed by atoms with Gasteiger partial charge in [-0.05, 0) is 41.8 Å². The number of carbonyl (C=O) groups is 1. The monoisotopic (exact) mass is 505 g/mol. The highest BCUT2D eigenvalue weighted by atomic mass is 32.2. The van der Waals surface area contributed by atoms with Crippen LogP contribution >= 0.6 is 0 Å². The van der Waals surface area contributed by atoms with Gasteiger partial charge in [0, 0.05) is 38.6 Å². The zero-order valence-electron chi connectivity index (χ0n) is 19.5. The predicted octanol–water partition coefficient (Wildman–Crippen LogP) is 2.28. The molecule has 1 atom stereocenters. The van der Waals surface area contributed by atoms with E-state index >= 15 is 0 Å². The molecule has 0 saturated heterocycles. The number of hydrogen-bond acceptors (Lipinski definition) is 6. The molecule has 1 amide bonds. The van der Waals surface area contributed by atoms with Crippen molar-refractivity contribution in [1.82, 2.24) is 19.6 Å².